The van der Waals surface area contributed by atoms with Crippen molar-refractivity contribution in [3.63, 3.8) is 0 Å². The lowest BCUT2D eigenvalue weighted by Crippen LogP contribution is -2.41. The van der Waals surface area contributed by atoms with Crippen molar-refractivity contribution >= 4 is 5.91 Å². The van der Waals surface area contributed by atoms with Gasteiger partial charge in [-0.25, -0.2) is 9.67 Å². The quantitative estimate of drug-likeness (QED) is 0.824. The van der Waals surface area contributed by atoms with Gasteiger partial charge in [0.05, 0.1) is 12.6 Å². The van der Waals surface area contributed by atoms with Gasteiger partial charge in [-0.15, -0.1) is 0 Å². The van der Waals surface area contributed by atoms with Gasteiger partial charge in [-0.2, -0.15) is 10.2 Å². The number of carbonyl (C=O) groups is 1. The Morgan fingerprint density at radius 1 is 1.45 bits per heavy atom. The summed E-state index contributed by atoms with van der Waals surface area (Å²) in [5.41, 5.74) is 0. The zero-order valence-electron chi connectivity index (χ0n) is 11.5. The van der Waals surface area contributed by atoms with E-state index in [1.165, 1.54) is 6.33 Å². The highest BCUT2D eigenvalue weighted by Crippen LogP contribution is 2.22. The molecule has 2 atom stereocenters. The van der Waals surface area contributed by atoms with Crippen molar-refractivity contribution < 1.29 is 4.79 Å². The normalized spacial score (nSPS) is 20.2. The third-order valence-electron chi connectivity index (χ3n) is 3.81. The van der Waals surface area contributed by atoms with E-state index in [-0.39, 0.29) is 18.0 Å². The van der Waals surface area contributed by atoms with Gasteiger partial charge in [0.2, 0.25) is 5.91 Å². The fraction of sp³-hybridized carbons (Fsp3) is 0.538. The summed E-state index contributed by atoms with van der Waals surface area (Å²) in [5.74, 6) is 0.102. The Morgan fingerprint density at radius 3 is 3.05 bits per heavy atom. The van der Waals surface area contributed by atoms with Crippen LogP contribution in [0.1, 0.15) is 25.8 Å². The molecule has 0 N–H and O–H groups in total. The molecule has 1 amide bonds. The minimum atomic E-state index is -0.310. The zero-order valence-corrected chi connectivity index (χ0v) is 11.5. The highest BCUT2D eigenvalue weighted by atomic mass is 16.2. The van der Waals surface area contributed by atoms with Crippen molar-refractivity contribution in [2.45, 2.75) is 38.4 Å². The van der Waals surface area contributed by atoms with E-state index in [0.717, 1.165) is 25.9 Å². The summed E-state index contributed by atoms with van der Waals surface area (Å²) < 4.78 is 3.49. The van der Waals surface area contributed by atoms with Crippen molar-refractivity contribution in [2.75, 3.05) is 6.54 Å². The summed E-state index contributed by atoms with van der Waals surface area (Å²) >= 11 is 0. The van der Waals surface area contributed by atoms with Gasteiger partial charge in [-0.05, 0) is 25.8 Å². The zero-order chi connectivity index (χ0) is 13.9. The maximum Gasteiger partial charge on any atom is 0.247 e. The summed E-state index contributed by atoms with van der Waals surface area (Å²) in [6.45, 7) is 3.42. The third-order valence-corrected chi connectivity index (χ3v) is 3.81. The highest BCUT2D eigenvalue weighted by molar-refractivity contribution is 5.80. The molecule has 1 saturated heterocycles. The maximum atomic E-state index is 12.6. The van der Waals surface area contributed by atoms with Crippen LogP contribution < -0.4 is 0 Å². The van der Waals surface area contributed by atoms with Gasteiger partial charge < -0.3 is 4.90 Å². The Kier molecular flexibility index (Phi) is 3.49. The minimum Gasteiger partial charge on any atom is -0.336 e. The molecule has 1 aliphatic heterocycles. The predicted molar refractivity (Wildman–Crippen MR) is 71.7 cm³/mol. The summed E-state index contributed by atoms with van der Waals surface area (Å²) in [6.07, 6.45) is 8.80. The van der Waals surface area contributed by atoms with Gasteiger partial charge in [0.25, 0.3) is 0 Å². The number of hydrogen-bond donors (Lipinski definition) is 0. The van der Waals surface area contributed by atoms with Crippen molar-refractivity contribution in [1.82, 2.24) is 29.4 Å². The second kappa shape index (κ2) is 5.44. The number of carbonyl (C=O) groups excluding carboxylic acids is 1. The van der Waals surface area contributed by atoms with Gasteiger partial charge in [-0.3, -0.25) is 9.48 Å². The van der Waals surface area contributed by atoms with E-state index in [4.69, 9.17) is 0 Å². The molecular formula is C13H18N6O. The van der Waals surface area contributed by atoms with Crippen LogP contribution in [0.25, 0.3) is 0 Å². The van der Waals surface area contributed by atoms with Gasteiger partial charge in [0.1, 0.15) is 18.7 Å². The van der Waals surface area contributed by atoms with E-state index in [1.807, 2.05) is 28.8 Å². The van der Waals surface area contributed by atoms with Crippen LogP contribution in [0.4, 0.5) is 0 Å². The van der Waals surface area contributed by atoms with E-state index in [2.05, 4.69) is 15.2 Å². The van der Waals surface area contributed by atoms with E-state index in [9.17, 15) is 4.79 Å². The topological polar surface area (TPSA) is 68.8 Å². The van der Waals surface area contributed by atoms with Crippen LogP contribution >= 0.6 is 0 Å². The van der Waals surface area contributed by atoms with Gasteiger partial charge in [0, 0.05) is 18.9 Å². The Morgan fingerprint density at radius 2 is 2.35 bits per heavy atom. The Hall–Kier alpha value is -2.18. The Labute approximate surface area is 117 Å². The summed E-state index contributed by atoms with van der Waals surface area (Å²) in [4.78, 5) is 18.4. The van der Waals surface area contributed by atoms with E-state index >= 15 is 0 Å². The first kappa shape index (κ1) is 12.8. The van der Waals surface area contributed by atoms with Crippen LogP contribution in [0, 0.1) is 0 Å². The van der Waals surface area contributed by atoms with Crippen LogP contribution in [0.15, 0.2) is 31.1 Å². The van der Waals surface area contributed by atoms with E-state index < -0.39 is 0 Å². The summed E-state index contributed by atoms with van der Waals surface area (Å²) in [6, 6.07) is 1.81. The van der Waals surface area contributed by atoms with Crippen molar-refractivity contribution in [3.8, 4) is 0 Å². The van der Waals surface area contributed by atoms with E-state index in [0.29, 0.717) is 0 Å². The smallest absolute Gasteiger partial charge is 0.247 e. The molecule has 0 bridgehead atoms. The number of aromatic nitrogens is 5. The number of likely N-dealkylation sites (tertiary alicyclic amines) is 1. The molecular weight excluding hydrogens is 256 g/mol. The van der Waals surface area contributed by atoms with Crippen LogP contribution in [0.5, 0.6) is 0 Å². The number of nitrogens with zero attached hydrogens (tertiary/aromatic N) is 6. The molecule has 106 valence electrons. The Bertz CT molecular complexity index is 549. The minimum absolute atomic E-state index is 0.102. The van der Waals surface area contributed by atoms with Crippen LogP contribution in [-0.4, -0.2) is 47.9 Å². The largest absolute Gasteiger partial charge is 0.336 e. The standard InChI is InChI=1S/C13H18N6O/c1-11(19-10-14-9-16-19)13(20)18-7-2-4-12(18)8-17-6-3-5-15-17/h3,5-6,9-12H,2,4,7-8H2,1H3/t11-,12+/m0/s1. The molecule has 1 fully saturated rings. The molecule has 2 aromatic heterocycles. The second-order valence-corrected chi connectivity index (χ2v) is 5.11. The van der Waals surface area contributed by atoms with Crippen molar-refractivity contribution in [3.05, 3.63) is 31.1 Å². The molecule has 7 nitrogen and oxygen atoms in total. The molecule has 3 rings (SSSR count). The molecule has 20 heavy (non-hydrogen) atoms. The molecule has 7 heteroatoms. The van der Waals surface area contributed by atoms with Gasteiger partial charge >= 0.3 is 0 Å². The lowest BCUT2D eigenvalue weighted by molar-refractivity contribution is -0.135. The van der Waals surface area contributed by atoms with Crippen LogP contribution in [-0.2, 0) is 11.3 Å². The summed E-state index contributed by atoms with van der Waals surface area (Å²) in [7, 11) is 0. The average Bonchev–Trinajstić information content (AvgIpc) is 3.20. The molecule has 0 aromatic carbocycles. The Balaban J connectivity index is 1.70. The number of amides is 1. The lowest BCUT2D eigenvalue weighted by atomic mass is 10.2. The molecule has 0 spiro atoms. The maximum absolute atomic E-state index is 12.6. The summed E-state index contributed by atoms with van der Waals surface area (Å²) in [5, 5.41) is 8.27. The molecule has 1 aliphatic rings. The first-order valence-electron chi connectivity index (χ1n) is 6.87. The van der Waals surface area contributed by atoms with Gasteiger partial charge in [0.15, 0.2) is 0 Å². The lowest BCUT2D eigenvalue weighted by Gasteiger charge is -2.27. The molecule has 0 saturated carbocycles. The fourth-order valence-electron chi connectivity index (χ4n) is 2.71. The second-order valence-electron chi connectivity index (χ2n) is 5.11. The number of hydrogen-bond acceptors (Lipinski definition) is 4. The first-order chi connectivity index (χ1) is 9.75. The molecule has 0 unspecified atom stereocenters. The molecule has 0 aliphatic carbocycles. The fourth-order valence-corrected chi connectivity index (χ4v) is 2.71. The third kappa shape index (κ3) is 2.43. The first-order valence-corrected chi connectivity index (χ1v) is 6.87. The highest BCUT2D eigenvalue weighted by Gasteiger charge is 2.32. The average molecular weight is 274 g/mol. The van der Waals surface area contributed by atoms with Crippen LogP contribution in [0.2, 0.25) is 0 Å². The number of rotatable bonds is 4. The van der Waals surface area contributed by atoms with E-state index in [1.54, 1.807) is 17.2 Å². The molecule has 3 heterocycles. The molecule has 2 aromatic rings. The van der Waals surface area contributed by atoms with Gasteiger partial charge in [-0.1, -0.05) is 0 Å². The van der Waals surface area contributed by atoms with Crippen molar-refractivity contribution in [2.24, 2.45) is 0 Å². The predicted octanol–water partition coefficient (Wildman–Crippen LogP) is 0.727. The van der Waals surface area contributed by atoms with Crippen LogP contribution in [0.3, 0.4) is 0 Å². The SMILES string of the molecule is C[C@@H](C(=O)N1CCC[C@@H]1Cn1cccn1)n1cncn1. The van der Waals surface area contributed by atoms with Crippen molar-refractivity contribution in [1.29, 1.82) is 0 Å². The molecule has 0 radical (unpaired) electrons. The monoisotopic (exact) mass is 274 g/mol.